The molecule has 32 heavy (non-hydrogen) atoms. The average molecular weight is 451 g/mol. The first-order valence-corrected chi connectivity index (χ1v) is 11.1. The number of alkyl halides is 1. The highest BCUT2D eigenvalue weighted by Gasteiger charge is 2.76. The molecule has 176 valence electrons. The van der Waals surface area contributed by atoms with Gasteiger partial charge in [0.2, 0.25) is 5.78 Å². The summed E-state index contributed by atoms with van der Waals surface area (Å²) in [5.74, 6) is -2.68. The van der Waals surface area contributed by atoms with Crippen LogP contribution in [0.3, 0.4) is 0 Å². The molecule has 7 nitrogen and oxygen atoms in total. The van der Waals surface area contributed by atoms with Gasteiger partial charge in [0.05, 0.1) is 12.2 Å². The average Bonchev–Trinajstić information content (AvgIpc) is 2.95. The van der Waals surface area contributed by atoms with Crippen molar-refractivity contribution in [2.24, 2.45) is 22.7 Å². The molecule has 0 bridgehead atoms. The number of Topliss-reactive ketones (excluding diaryl/α,β-unsaturated/α-hetero) is 1. The number of fused-ring (bicyclic) bond motifs is 5. The first-order valence-electron chi connectivity index (χ1n) is 11.1. The minimum atomic E-state index is -2.07. The monoisotopic (exact) mass is 450 g/mol. The quantitative estimate of drug-likeness (QED) is 0.629. The van der Waals surface area contributed by atoms with E-state index < -0.39 is 64.5 Å². The summed E-state index contributed by atoms with van der Waals surface area (Å²) in [5, 5.41) is 23.0. The second-order valence-electron chi connectivity index (χ2n) is 10.2. The molecule has 0 radical (unpaired) electrons. The van der Waals surface area contributed by atoms with Crippen molar-refractivity contribution in [1.82, 2.24) is 0 Å². The van der Waals surface area contributed by atoms with E-state index in [2.05, 4.69) is 0 Å². The van der Waals surface area contributed by atoms with E-state index in [9.17, 15) is 24.6 Å². The summed E-state index contributed by atoms with van der Waals surface area (Å²) < 4.78 is 27.5. The molecule has 0 saturated heterocycles. The van der Waals surface area contributed by atoms with Crippen molar-refractivity contribution >= 4 is 17.5 Å². The highest BCUT2D eigenvalue weighted by Crippen LogP contribution is 2.70. The third-order valence-electron chi connectivity index (χ3n) is 8.95. The topological polar surface area (TPSA) is 110 Å². The van der Waals surface area contributed by atoms with Crippen molar-refractivity contribution in [3.8, 4) is 0 Å². The number of ether oxygens (including phenoxy) is 2. The Morgan fingerprint density at radius 2 is 1.97 bits per heavy atom. The van der Waals surface area contributed by atoms with Crippen LogP contribution in [0.5, 0.6) is 0 Å². The molecule has 0 aromatic carbocycles. The van der Waals surface area contributed by atoms with E-state index in [1.54, 1.807) is 19.9 Å². The molecule has 0 spiro atoms. The number of ketones is 2. The fourth-order valence-electron chi connectivity index (χ4n) is 7.24. The summed E-state index contributed by atoms with van der Waals surface area (Å²) in [6.45, 7) is 3.95. The summed E-state index contributed by atoms with van der Waals surface area (Å²) >= 11 is 0. The molecule has 0 unspecified atom stereocenters. The summed E-state index contributed by atoms with van der Waals surface area (Å²) in [5.41, 5.74) is -5.79. The highest BCUT2D eigenvalue weighted by atomic mass is 19.1. The summed E-state index contributed by atoms with van der Waals surface area (Å²) in [6, 6.07) is 0. The number of hydrogen-bond acceptors (Lipinski definition) is 7. The maximum absolute atomic E-state index is 17.1. The van der Waals surface area contributed by atoms with E-state index in [0.29, 0.717) is 18.4 Å². The Bertz CT molecular complexity index is 927. The van der Waals surface area contributed by atoms with Crippen LogP contribution in [0.4, 0.5) is 4.39 Å². The van der Waals surface area contributed by atoms with Crippen LogP contribution in [0.2, 0.25) is 0 Å². The van der Waals surface area contributed by atoms with Crippen LogP contribution in [0.25, 0.3) is 0 Å². The molecule has 4 aliphatic carbocycles. The predicted octanol–water partition coefficient (Wildman–Crippen LogP) is 1.85. The smallest absolute Gasteiger partial charge is 0.303 e. The van der Waals surface area contributed by atoms with Gasteiger partial charge in [-0.15, -0.1) is 0 Å². The second kappa shape index (κ2) is 7.30. The van der Waals surface area contributed by atoms with Gasteiger partial charge >= 0.3 is 5.97 Å². The molecule has 3 fully saturated rings. The zero-order chi connectivity index (χ0) is 23.7. The first kappa shape index (κ1) is 23.3. The fourth-order valence-corrected chi connectivity index (χ4v) is 7.24. The van der Waals surface area contributed by atoms with E-state index in [-0.39, 0.29) is 18.6 Å². The van der Waals surface area contributed by atoms with Crippen LogP contribution < -0.4 is 0 Å². The third-order valence-corrected chi connectivity index (χ3v) is 8.95. The van der Waals surface area contributed by atoms with Crippen LogP contribution in [0.1, 0.15) is 46.5 Å². The van der Waals surface area contributed by atoms with Crippen LogP contribution >= 0.6 is 0 Å². The van der Waals surface area contributed by atoms with Crippen molar-refractivity contribution < 1.29 is 38.5 Å². The standard InChI is InChI=1S/C24H31FO7/c1-13(26)32-12-19(29)24(30)20(31-4)10-17-16-6-5-14-9-15(27)7-8-21(14,2)23(16,25)18(28)11-22(17,24)3/h7-9,16-18,20,28,30H,5-6,10-12H2,1-4H3/t16-,17-,18-,20-,21-,22-,23-,24-/m0/s1. The van der Waals surface area contributed by atoms with Gasteiger partial charge in [0.1, 0.15) is 0 Å². The molecule has 8 atom stereocenters. The molecule has 4 aliphatic rings. The number of halogens is 1. The van der Waals surface area contributed by atoms with Gasteiger partial charge in [-0.2, -0.15) is 0 Å². The van der Waals surface area contributed by atoms with Crippen LogP contribution in [0.15, 0.2) is 23.8 Å². The minimum absolute atomic E-state index is 0.169. The molecule has 8 heteroatoms. The molecule has 4 rings (SSSR count). The Labute approximate surface area is 186 Å². The van der Waals surface area contributed by atoms with Gasteiger partial charge in [-0.05, 0) is 50.7 Å². The SMILES string of the molecule is CO[C@H]1C[C@H]2[C@@H]3CCC4=CC(=O)C=C[C@]4(C)[C@@]3(F)[C@@H](O)C[C@]2(C)[C@]1(O)C(=O)COC(C)=O. The van der Waals surface area contributed by atoms with E-state index in [1.807, 2.05) is 0 Å². The van der Waals surface area contributed by atoms with Gasteiger partial charge in [0.15, 0.2) is 23.7 Å². The van der Waals surface area contributed by atoms with Gasteiger partial charge < -0.3 is 19.7 Å². The van der Waals surface area contributed by atoms with Gasteiger partial charge in [-0.25, -0.2) is 4.39 Å². The number of carbonyl (C=O) groups excluding carboxylic acids is 3. The van der Waals surface area contributed by atoms with E-state index in [1.165, 1.54) is 26.2 Å². The first-order chi connectivity index (χ1) is 14.9. The van der Waals surface area contributed by atoms with Gasteiger partial charge in [0.25, 0.3) is 0 Å². The largest absolute Gasteiger partial charge is 0.458 e. The molecule has 0 aromatic heterocycles. The van der Waals surface area contributed by atoms with Crippen LogP contribution in [-0.4, -0.2) is 64.9 Å². The van der Waals surface area contributed by atoms with Gasteiger partial charge in [0, 0.05) is 30.8 Å². The Morgan fingerprint density at radius 3 is 2.59 bits per heavy atom. The van der Waals surface area contributed by atoms with E-state index >= 15 is 4.39 Å². The number of rotatable bonds is 4. The summed E-state index contributed by atoms with van der Waals surface area (Å²) in [7, 11) is 1.38. The molecule has 2 N–H and O–H groups in total. The third kappa shape index (κ3) is 2.72. The number of aliphatic hydroxyl groups is 2. The van der Waals surface area contributed by atoms with Crippen LogP contribution in [0, 0.1) is 22.7 Å². The lowest BCUT2D eigenvalue weighted by molar-refractivity contribution is -0.223. The predicted molar refractivity (Wildman–Crippen MR) is 111 cm³/mol. The molecule has 0 aliphatic heterocycles. The molecule has 3 saturated carbocycles. The number of allylic oxidation sites excluding steroid dienone is 4. The Morgan fingerprint density at radius 1 is 1.28 bits per heavy atom. The number of carbonyl (C=O) groups is 3. The Kier molecular flexibility index (Phi) is 5.31. The van der Waals surface area contributed by atoms with Crippen molar-refractivity contribution in [1.29, 1.82) is 0 Å². The van der Waals surface area contributed by atoms with Crippen molar-refractivity contribution in [3.63, 3.8) is 0 Å². The lowest BCUT2D eigenvalue weighted by Crippen LogP contribution is -2.69. The Hall–Kier alpha value is -1.90. The Balaban J connectivity index is 1.78. The number of methoxy groups -OCH3 is 1. The zero-order valence-corrected chi connectivity index (χ0v) is 18.9. The zero-order valence-electron chi connectivity index (χ0n) is 18.9. The highest BCUT2D eigenvalue weighted by molar-refractivity contribution is 6.01. The maximum atomic E-state index is 17.1. The van der Waals surface area contributed by atoms with Crippen molar-refractivity contribution in [3.05, 3.63) is 23.8 Å². The van der Waals surface area contributed by atoms with E-state index in [4.69, 9.17) is 9.47 Å². The normalized spacial score (nSPS) is 47.2. The lowest BCUT2D eigenvalue weighted by atomic mass is 9.44. The molecule has 0 heterocycles. The van der Waals surface area contributed by atoms with Gasteiger partial charge in [-0.3, -0.25) is 14.4 Å². The summed E-state index contributed by atoms with van der Waals surface area (Å²) in [4.78, 5) is 36.3. The minimum Gasteiger partial charge on any atom is -0.458 e. The van der Waals surface area contributed by atoms with E-state index in [0.717, 1.165) is 0 Å². The second-order valence-corrected chi connectivity index (χ2v) is 10.2. The molecular weight excluding hydrogens is 419 g/mol. The van der Waals surface area contributed by atoms with Crippen molar-refractivity contribution in [2.45, 2.75) is 69.9 Å². The fraction of sp³-hybridized carbons (Fsp3) is 0.708. The van der Waals surface area contributed by atoms with Crippen molar-refractivity contribution in [2.75, 3.05) is 13.7 Å². The maximum Gasteiger partial charge on any atom is 0.303 e. The number of aliphatic hydroxyl groups excluding tert-OH is 1. The van der Waals surface area contributed by atoms with Crippen LogP contribution in [-0.2, 0) is 23.9 Å². The lowest BCUT2D eigenvalue weighted by Gasteiger charge is -2.62. The summed E-state index contributed by atoms with van der Waals surface area (Å²) in [6.07, 6.45) is 2.88. The van der Waals surface area contributed by atoms with Gasteiger partial charge in [-0.1, -0.05) is 18.6 Å². The number of esters is 1. The molecule has 0 aromatic rings. The molecular formula is C24H31FO7. The molecule has 0 amide bonds. The number of hydrogen-bond donors (Lipinski definition) is 2.